The molecule has 8 heteroatoms. The summed E-state index contributed by atoms with van der Waals surface area (Å²) in [6.07, 6.45) is 6.99. The summed E-state index contributed by atoms with van der Waals surface area (Å²) in [5.74, 6) is 2.73. The molecule has 0 N–H and O–H groups in total. The Balaban J connectivity index is 1.15. The summed E-state index contributed by atoms with van der Waals surface area (Å²) in [4.78, 5) is 31.1. The number of pyridine rings is 1. The van der Waals surface area contributed by atoms with Gasteiger partial charge in [-0.3, -0.25) is 9.78 Å². The maximum absolute atomic E-state index is 13.2. The number of aromatic nitrogens is 3. The molecule has 2 saturated heterocycles. The van der Waals surface area contributed by atoms with Crippen molar-refractivity contribution in [2.45, 2.75) is 45.6 Å². The molecule has 0 bridgehead atoms. The first-order chi connectivity index (χ1) is 17.1. The zero-order valence-corrected chi connectivity index (χ0v) is 20.5. The molecule has 35 heavy (non-hydrogen) atoms. The Morgan fingerprint density at radius 2 is 1.83 bits per heavy atom. The van der Waals surface area contributed by atoms with Gasteiger partial charge in [0.25, 0.3) is 0 Å². The van der Waals surface area contributed by atoms with Crippen molar-refractivity contribution >= 4 is 22.8 Å². The highest BCUT2D eigenvalue weighted by molar-refractivity contribution is 5.83. The number of carbonyl (C=O) groups excluding carboxylic acids is 1. The predicted octanol–water partition coefficient (Wildman–Crippen LogP) is 4.02. The summed E-state index contributed by atoms with van der Waals surface area (Å²) in [5.41, 5.74) is 1.87. The molecular weight excluding hydrogens is 442 g/mol. The number of fused-ring (bicyclic) bond motifs is 1. The van der Waals surface area contributed by atoms with E-state index in [-0.39, 0.29) is 17.9 Å². The van der Waals surface area contributed by atoms with Crippen molar-refractivity contribution in [3.63, 3.8) is 0 Å². The van der Waals surface area contributed by atoms with Crippen LogP contribution < -0.4 is 14.4 Å². The van der Waals surface area contributed by atoms with E-state index in [2.05, 4.69) is 9.88 Å². The molecule has 2 fully saturated rings. The highest BCUT2D eigenvalue weighted by atomic mass is 16.5. The van der Waals surface area contributed by atoms with Gasteiger partial charge < -0.3 is 19.3 Å². The third-order valence-corrected chi connectivity index (χ3v) is 6.97. The van der Waals surface area contributed by atoms with Crippen LogP contribution in [0.2, 0.25) is 0 Å². The normalized spacial score (nSPS) is 17.5. The minimum absolute atomic E-state index is 0.0670. The monoisotopic (exact) mass is 475 g/mol. The Morgan fingerprint density at radius 1 is 1.03 bits per heavy atom. The van der Waals surface area contributed by atoms with Gasteiger partial charge in [0.05, 0.1) is 24.0 Å². The average Bonchev–Trinajstić information content (AvgIpc) is 2.90. The van der Waals surface area contributed by atoms with Gasteiger partial charge >= 0.3 is 0 Å². The van der Waals surface area contributed by atoms with Crippen LogP contribution in [-0.2, 0) is 4.79 Å². The molecule has 0 unspecified atom stereocenters. The van der Waals surface area contributed by atoms with Gasteiger partial charge in [-0.1, -0.05) is 0 Å². The van der Waals surface area contributed by atoms with Crippen molar-refractivity contribution in [2.24, 2.45) is 5.92 Å². The Kier molecular flexibility index (Phi) is 6.97. The fourth-order valence-corrected chi connectivity index (χ4v) is 5.03. The lowest BCUT2D eigenvalue weighted by molar-refractivity contribution is -0.138. The van der Waals surface area contributed by atoms with Crippen LogP contribution in [0.25, 0.3) is 10.9 Å². The molecule has 0 spiro atoms. The van der Waals surface area contributed by atoms with Crippen molar-refractivity contribution in [3.8, 4) is 11.5 Å². The summed E-state index contributed by atoms with van der Waals surface area (Å²) in [7, 11) is 0. The van der Waals surface area contributed by atoms with E-state index in [9.17, 15) is 4.79 Å². The van der Waals surface area contributed by atoms with E-state index in [1.807, 2.05) is 49.1 Å². The largest absolute Gasteiger partial charge is 0.494 e. The fourth-order valence-electron chi connectivity index (χ4n) is 5.03. The molecule has 184 valence electrons. The lowest BCUT2D eigenvalue weighted by Crippen LogP contribution is -2.47. The predicted molar refractivity (Wildman–Crippen MR) is 135 cm³/mol. The first-order valence-electron chi connectivity index (χ1n) is 12.6. The Bertz CT molecular complexity index is 1160. The molecule has 0 radical (unpaired) electrons. The topological polar surface area (TPSA) is 80.7 Å². The molecule has 3 aromatic rings. The second-order valence-corrected chi connectivity index (χ2v) is 9.31. The number of nitrogens with zero attached hydrogens (tertiary/aromatic N) is 5. The van der Waals surface area contributed by atoms with Gasteiger partial charge in [-0.25, -0.2) is 9.97 Å². The number of piperidine rings is 2. The molecular formula is C27H33N5O3. The van der Waals surface area contributed by atoms with Crippen LogP contribution in [0.1, 0.15) is 38.3 Å². The smallest absolute Gasteiger partial charge is 0.226 e. The van der Waals surface area contributed by atoms with Crippen LogP contribution in [-0.4, -0.2) is 64.6 Å². The molecule has 8 nitrogen and oxygen atoms in total. The van der Waals surface area contributed by atoms with E-state index in [1.54, 1.807) is 12.4 Å². The first-order valence-corrected chi connectivity index (χ1v) is 12.6. The highest BCUT2D eigenvalue weighted by Crippen LogP contribution is 2.28. The van der Waals surface area contributed by atoms with Gasteiger partial charge in [-0.2, -0.15) is 0 Å². The van der Waals surface area contributed by atoms with Gasteiger partial charge in [0.2, 0.25) is 11.9 Å². The van der Waals surface area contributed by atoms with Gasteiger partial charge in [-0.15, -0.1) is 0 Å². The number of anilines is 1. The van der Waals surface area contributed by atoms with Crippen molar-refractivity contribution in [2.75, 3.05) is 37.7 Å². The number of aryl methyl sites for hydroxylation is 1. The number of hydrogen-bond donors (Lipinski definition) is 0. The molecule has 1 amide bonds. The van der Waals surface area contributed by atoms with E-state index < -0.39 is 0 Å². The molecule has 0 saturated carbocycles. The first kappa shape index (κ1) is 23.3. The second-order valence-electron chi connectivity index (χ2n) is 9.31. The standard InChI is InChI=1S/C27H33N5O3/c1-3-34-22-6-7-25-24(17-22)19(2)29-27(30-25)32-13-8-20(9-14-32)26(33)31-15-10-21(11-16-31)35-23-5-4-12-28-18-23/h4-7,12,17-18,20-21H,3,8-11,13-16H2,1-2H3. The van der Waals surface area contributed by atoms with Crippen LogP contribution in [0.4, 0.5) is 5.95 Å². The Labute approximate surface area is 206 Å². The van der Waals surface area contributed by atoms with Gasteiger partial charge in [0.1, 0.15) is 17.6 Å². The van der Waals surface area contributed by atoms with Crippen LogP contribution in [0.15, 0.2) is 42.7 Å². The lowest BCUT2D eigenvalue weighted by atomic mass is 9.94. The minimum atomic E-state index is 0.0670. The highest BCUT2D eigenvalue weighted by Gasteiger charge is 2.32. The maximum Gasteiger partial charge on any atom is 0.226 e. The number of benzene rings is 1. The molecule has 0 aliphatic carbocycles. The third-order valence-electron chi connectivity index (χ3n) is 6.97. The number of carbonyl (C=O) groups is 1. The Morgan fingerprint density at radius 3 is 2.54 bits per heavy atom. The second kappa shape index (κ2) is 10.5. The average molecular weight is 476 g/mol. The lowest BCUT2D eigenvalue weighted by Gasteiger charge is -2.37. The summed E-state index contributed by atoms with van der Waals surface area (Å²) in [5, 5.41) is 1.01. The molecule has 2 aliphatic heterocycles. The maximum atomic E-state index is 13.2. The number of rotatable bonds is 6. The third kappa shape index (κ3) is 5.31. The molecule has 1 aromatic carbocycles. The van der Waals surface area contributed by atoms with Gasteiger partial charge in [0.15, 0.2) is 0 Å². The molecule has 5 rings (SSSR count). The van der Waals surface area contributed by atoms with E-state index in [4.69, 9.17) is 19.4 Å². The minimum Gasteiger partial charge on any atom is -0.494 e. The molecule has 4 heterocycles. The summed E-state index contributed by atoms with van der Waals surface area (Å²) >= 11 is 0. The fraction of sp³-hybridized carbons (Fsp3) is 0.481. The van der Waals surface area contributed by atoms with E-state index in [0.29, 0.717) is 6.61 Å². The van der Waals surface area contributed by atoms with Crippen molar-refractivity contribution in [1.29, 1.82) is 0 Å². The number of likely N-dealkylation sites (tertiary alicyclic amines) is 1. The van der Waals surface area contributed by atoms with Gasteiger partial charge in [0, 0.05) is 56.5 Å². The quantitative estimate of drug-likeness (QED) is 0.533. The van der Waals surface area contributed by atoms with E-state index >= 15 is 0 Å². The van der Waals surface area contributed by atoms with Crippen LogP contribution in [0.3, 0.4) is 0 Å². The summed E-state index contributed by atoms with van der Waals surface area (Å²) in [6.45, 7) is 7.71. The number of ether oxygens (including phenoxy) is 2. The molecule has 2 aliphatic rings. The van der Waals surface area contributed by atoms with Crippen molar-refractivity contribution in [1.82, 2.24) is 19.9 Å². The Hall–Kier alpha value is -3.42. The number of amides is 1. The zero-order valence-electron chi connectivity index (χ0n) is 20.5. The van der Waals surface area contributed by atoms with Crippen molar-refractivity contribution in [3.05, 3.63) is 48.4 Å². The SMILES string of the molecule is CCOc1ccc2nc(N3CCC(C(=O)N4CCC(Oc5cccnc5)CC4)CC3)nc(C)c2c1. The van der Waals surface area contributed by atoms with E-state index in [1.165, 1.54) is 0 Å². The molecule has 0 atom stereocenters. The van der Waals surface area contributed by atoms with Crippen LogP contribution in [0.5, 0.6) is 11.5 Å². The molecule has 2 aromatic heterocycles. The van der Waals surface area contributed by atoms with E-state index in [0.717, 1.165) is 85.9 Å². The summed E-state index contributed by atoms with van der Waals surface area (Å²) in [6, 6.07) is 9.77. The van der Waals surface area contributed by atoms with Gasteiger partial charge in [-0.05, 0) is 57.0 Å². The zero-order chi connectivity index (χ0) is 24.2. The van der Waals surface area contributed by atoms with Crippen LogP contribution >= 0.6 is 0 Å². The van der Waals surface area contributed by atoms with Crippen molar-refractivity contribution < 1.29 is 14.3 Å². The number of hydrogen-bond acceptors (Lipinski definition) is 7. The summed E-state index contributed by atoms with van der Waals surface area (Å²) < 4.78 is 11.6. The van der Waals surface area contributed by atoms with Crippen LogP contribution in [0, 0.1) is 12.8 Å².